The molecule has 0 spiro atoms. The van der Waals surface area contributed by atoms with E-state index in [9.17, 15) is 10.1 Å². The number of halogens is 1. The summed E-state index contributed by atoms with van der Waals surface area (Å²) in [5.74, 6) is 0.491. The first-order chi connectivity index (χ1) is 25.1. The number of nitrogens with zero attached hydrogens (tertiary/aromatic N) is 6. The second-order valence-electron chi connectivity index (χ2n) is 14.4. The van der Waals surface area contributed by atoms with Gasteiger partial charge in [0.2, 0.25) is 0 Å². The lowest BCUT2D eigenvalue weighted by atomic mass is 9.97. The van der Waals surface area contributed by atoms with Crippen molar-refractivity contribution in [2.45, 2.75) is 64.3 Å². The van der Waals surface area contributed by atoms with Gasteiger partial charge in [0.05, 0.1) is 41.3 Å². The molecule has 0 unspecified atom stereocenters. The highest BCUT2D eigenvalue weighted by molar-refractivity contribution is 6.14. The molecule has 2 aliphatic rings. The summed E-state index contributed by atoms with van der Waals surface area (Å²) in [6, 6.07) is 20.4. The molecular weight excluding hydrogens is 663 g/mol. The van der Waals surface area contributed by atoms with Crippen molar-refractivity contribution in [3.63, 3.8) is 0 Å². The third kappa shape index (κ3) is 7.32. The largest absolute Gasteiger partial charge is 0.488 e. The summed E-state index contributed by atoms with van der Waals surface area (Å²) in [5, 5.41) is 11.1. The first-order valence-corrected chi connectivity index (χ1v) is 17.7. The van der Waals surface area contributed by atoms with E-state index in [4.69, 9.17) is 28.6 Å². The number of carbonyl (C=O) groups is 1. The summed E-state index contributed by atoms with van der Waals surface area (Å²) in [6.07, 6.45) is 3.32. The molecule has 7 rings (SSSR count). The van der Waals surface area contributed by atoms with Crippen LogP contribution in [-0.2, 0) is 11.3 Å². The summed E-state index contributed by atoms with van der Waals surface area (Å²) in [5.41, 5.74) is 2.11. The average Bonchev–Trinajstić information content (AvgIpc) is 3.78. The summed E-state index contributed by atoms with van der Waals surface area (Å²) < 4.78 is 40.3. The Morgan fingerprint density at radius 3 is 2.62 bits per heavy atom. The van der Waals surface area contributed by atoms with Gasteiger partial charge in [-0.1, -0.05) is 36.4 Å². The quantitative estimate of drug-likeness (QED) is 0.152. The van der Waals surface area contributed by atoms with Crippen LogP contribution in [0.15, 0.2) is 71.3 Å². The number of rotatable bonds is 9. The van der Waals surface area contributed by atoms with Gasteiger partial charge in [0.15, 0.2) is 0 Å². The van der Waals surface area contributed by atoms with Crippen LogP contribution in [-0.4, -0.2) is 83.4 Å². The maximum absolute atomic E-state index is 15.9. The fourth-order valence-electron chi connectivity index (χ4n) is 7.07. The van der Waals surface area contributed by atoms with Gasteiger partial charge in [0.1, 0.15) is 41.8 Å². The molecule has 5 aromatic rings. The van der Waals surface area contributed by atoms with Gasteiger partial charge in [-0.3, -0.25) is 0 Å². The number of nitriles is 1. The molecule has 0 aliphatic carbocycles. The number of likely N-dealkylation sites (N-methyl/N-ethyl adjacent to an activating group) is 1. The monoisotopic (exact) mass is 706 g/mol. The van der Waals surface area contributed by atoms with Crippen LogP contribution in [0.1, 0.15) is 45.6 Å². The standard InChI is InChI=1S/C40H43FN6O5/c1-40(2,3)52-39(48)47-20-19-46(23-27(47)15-17-42)37-35-32(43-38(44-37)51-25-28-12-9-18-45(28)4)22-30(29-16-21-49-36(29)35)34-31(41)13-8-14-33(34)50-24-26-10-6-5-7-11-26/h5-8,10-11,13-14,16,21-22,27-28H,9,12,15,18-20,23-25H2,1-4H3/t27-,28-/m0/s1. The molecule has 2 fully saturated rings. The van der Waals surface area contributed by atoms with Crippen molar-refractivity contribution in [2.75, 3.05) is 44.7 Å². The lowest BCUT2D eigenvalue weighted by molar-refractivity contribution is 0.0145. The first kappa shape index (κ1) is 35.0. The minimum Gasteiger partial charge on any atom is -0.488 e. The molecule has 0 saturated carbocycles. The highest BCUT2D eigenvalue weighted by Crippen LogP contribution is 2.43. The highest BCUT2D eigenvalue weighted by Gasteiger charge is 2.35. The number of anilines is 1. The lowest BCUT2D eigenvalue weighted by Gasteiger charge is -2.41. The number of ether oxygens (including phenoxy) is 3. The Bertz CT molecular complexity index is 2110. The summed E-state index contributed by atoms with van der Waals surface area (Å²) in [6.45, 7) is 8.17. The van der Waals surface area contributed by atoms with E-state index in [0.717, 1.165) is 24.9 Å². The van der Waals surface area contributed by atoms with Crippen molar-refractivity contribution < 1.29 is 27.8 Å². The van der Waals surface area contributed by atoms with Crippen molar-refractivity contribution in [3.8, 4) is 29.0 Å². The Morgan fingerprint density at radius 2 is 1.87 bits per heavy atom. The number of fused-ring (bicyclic) bond motifs is 3. The van der Waals surface area contributed by atoms with Crippen LogP contribution in [0.5, 0.6) is 11.8 Å². The maximum Gasteiger partial charge on any atom is 0.410 e. The Morgan fingerprint density at radius 1 is 1.04 bits per heavy atom. The number of hydrogen-bond donors (Lipinski definition) is 0. The Hall–Kier alpha value is -5.41. The maximum atomic E-state index is 15.9. The van der Waals surface area contributed by atoms with Gasteiger partial charge in [-0.05, 0) is 77.0 Å². The molecule has 1 amide bonds. The van der Waals surface area contributed by atoms with E-state index in [1.807, 2.05) is 62.1 Å². The highest BCUT2D eigenvalue weighted by atomic mass is 19.1. The summed E-state index contributed by atoms with van der Waals surface area (Å²) in [7, 11) is 2.08. The van der Waals surface area contributed by atoms with Crippen LogP contribution < -0.4 is 14.4 Å². The molecule has 52 heavy (non-hydrogen) atoms. The zero-order chi connectivity index (χ0) is 36.4. The van der Waals surface area contributed by atoms with Crippen molar-refractivity contribution in [1.29, 1.82) is 5.26 Å². The average molecular weight is 707 g/mol. The van der Waals surface area contributed by atoms with E-state index in [0.29, 0.717) is 70.8 Å². The zero-order valence-corrected chi connectivity index (χ0v) is 30.0. The minimum absolute atomic E-state index is 0.107. The smallest absolute Gasteiger partial charge is 0.410 e. The van der Waals surface area contributed by atoms with E-state index in [1.54, 1.807) is 29.4 Å². The molecule has 0 radical (unpaired) electrons. The fourth-order valence-corrected chi connectivity index (χ4v) is 7.07. The van der Waals surface area contributed by atoms with Gasteiger partial charge in [-0.15, -0.1) is 0 Å². The Balaban J connectivity index is 1.32. The molecule has 0 N–H and O–H groups in total. The normalized spacial score (nSPS) is 18.2. The molecule has 270 valence electrons. The summed E-state index contributed by atoms with van der Waals surface area (Å²) >= 11 is 0. The predicted molar refractivity (Wildman–Crippen MR) is 196 cm³/mol. The molecule has 3 aromatic carbocycles. The van der Waals surface area contributed by atoms with E-state index < -0.39 is 23.6 Å². The minimum atomic E-state index is -0.679. The second kappa shape index (κ2) is 14.7. The van der Waals surface area contributed by atoms with Crippen molar-refractivity contribution in [1.82, 2.24) is 19.8 Å². The SMILES string of the molecule is CN1CCC[C@H]1COc1nc(N2CCN(C(=O)OC(C)(C)C)[C@@H](CC#N)C2)c2c(cc(-c3c(F)cccc3OCc3ccccc3)c3ccoc32)n1. The molecular formula is C40H43FN6O5. The number of aromatic nitrogens is 2. The van der Waals surface area contributed by atoms with Crippen LogP contribution in [0.4, 0.5) is 15.0 Å². The Labute approximate surface area is 302 Å². The van der Waals surface area contributed by atoms with Gasteiger partial charge in [-0.2, -0.15) is 15.2 Å². The van der Waals surface area contributed by atoms with Gasteiger partial charge in [0.25, 0.3) is 0 Å². The van der Waals surface area contributed by atoms with Crippen LogP contribution in [0.2, 0.25) is 0 Å². The van der Waals surface area contributed by atoms with Crippen molar-refractivity contribution in [3.05, 3.63) is 78.3 Å². The number of hydrogen-bond acceptors (Lipinski definition) is 10. The molecule has 12 heteroatoms. The van der Waals surface area contributed by atoms with Crippen LogP contribution in [0, 0.1) is 17.1 Å². The molecule has 2 saturated heterocycles. The third-order valence-corrected chi connectivity index (χ3v) is 9.66. The van der Waals surface area contributed by atoms with Gasteiger partial charge >= 0.3 is 12.1 Å². The van der Waals surface area contributed by atoms with Crippen molar-refractivity contribution in [2.24, 2.45) is 0 Å². The molecule has 2 aromatic heterocycles. The van der Waals surface area contributed by atoms with E-state index in [-0.39, 0.29) is 25.1 Å². The molecule has 11 nitrogen and oxygen atoms in total. The van der Waals surface area contributed by atoms with E-state index in [1.165, 1.54) is 6.07 Å². The molecule has 0 bridgehead atoms. The molecule has 2 atom stereocenters. The number of furan rings is 1. The number of likely N-dealkylation sites (tertiary alicyclic amines) is 1. The lowest BCUT2D eigenvalue weighted by Crippen LogP contribution is -2.56. The first-order valence-electron chi connectivity index (χ1n) is 17.7. The van der Waals surface area contributed by atoms with Crippen LogP contribution in [0.3, 0.4) is 0 Å². The molecule has 2 aliphatic heterocycles. The number of amides is 1. The van der Waals surface area contributed by atoms with Gasteiger partial charge < -0.3 is 33.3 Å². The van der Waals surface area contributed by atoms with Crippen molar-refractivity contribution >= 4 is 33.8 Å². The topological polar surface area (TPSA) is 117 Å². The predicted octanol–water partition coefficient (Wildman–Crippen LogP) is 7.57. The van der Waals surface area contributed by atoms with E-state index >= 15 is 4.39 Å². The Kier molecular flexibility index (Phi) is 9.88. The number of benzene rings is 3. The van der Waals surface area contributed by atoms with Crippen LogP contribution >= 0.6 is 0 Å². The third-order valence-electron chi connectivity index (χ3n) is 9.66. The fraction of sp³-hybridized carbons (Fsp3) is 0.400. The molecule has 4 heterocycles. The number of piperazine rings is 1. The zero-order valence-electron chi connectivity index (χ0n) is 30.0. The van der Waals surface area contributed by atoms with Gasteiger partial charge in [-0.25, -0.2) is 9.18 Å². The van der Waals surface area contributed by atoms with E-state index in [2.05, 4.69) is 18.0 Å². The van der Waals surface area contributed by atoms with Crippen LogP contribution in [0.25, 0.3) is 33.0 Å². The number of carbonyl (C=O) groups excluding carboxylic acids is 1. The second-order valence-corrected chi connectivity index (χ2v) is 14.4. The summed E-state index contributed by atoms with van der Waals surface area (Å²) in [4.78, 5) is 29.0. The van der Waals surface area contributed by atoms with Gasteiger partial charge in [0, 0.05) is 36.6 Å².